The van der Waals surface area contributed by atoms with E-state index in [9.17, 15) is 9.59 Å². The van der Waals surface area contributed by atoms with Crippen molar-refractivity contribution in [3.05, 3.63) is 60.0 Å². The molecular weight excluding hydrogens is 422 g/mol. The van der Waals surface area contributed by atoms with Gasteiger partial charge < -0.3 is 21.3 Å². The van der Waals surface area contributed by atoms with Crippen LogP contribution in [0.1, 0.15) is 33.8 Å². The number of hydrogen-bond acceptors (Lipinski definition) is 7. The summed E-state index contributed by atoms with van der Waals surface area (Å²) >= 11 is 0. The molecule has 0 aliphatic heterocycles. The lowest BCUT2D eigenvalue weighted by atomic mass is 10.3. The number of para-hydroxylation sites is 1. The SMILES string of the molecule is CNc1cc(Nc2cc(C(=O)Nc3ccccc3)nn2C)nn2c(C(=O)NC3CC3)cnc12. The maximum absolute atomic E-state index is 12.6. The van der Waals surface area contributed by atoms with Crippen molar-refractivity contribution >= 4 is 40.5 Å². The molecule has 3 heterocycles. The third-order valence-electron chi connectivity index (χ3n) is 5.28. The molecule has 11 nitrogen and oxygen atoms in total. The molecule has 0 bridgehead atoms. The van der Waals surface area contributed by atoms with Gasteiger partial charge in [0.2, 0.25) is 0 Å². The number of benzene rings is 1. The van der Waals surface area contributed by atoms with Gasteiger partial charge >= 0.3 is 0 Å². The number of anilines is 4. The van der Waals surface area contributed by atoms with E-state index in [1.165, 1.54) is 10.7 Å². The molecule has 1 fully saturated rings. The normalized spacial score (nSPS) is 13.0. The van der Waals surface area contributed by atoms with Crippen LogP contribution in [0.25, 0.3) is 5.65 Å². The topological polar surface area (TPSA) is 130 Å². The van der Waals surface area contributed by atoms with E-state index in [-0.39, 0.29) is 23.6 Å². The summed E-state index contributed by atoms with van der Waals surface area (Å²) in [4.78, 5) is 29.5. The van der Waals surface area contributed by atoms with Crippen LogP contribution in [-0.2, 0) is 7.05 Å². The molecule has 1 aromatic carbocycles. The number of hydrogen-bond donors (Lipinski definition) is 4. The Morgan fingerprint density at radius 1 is 1.06 bits per heavy atom. The fraction of sp³-hybridized carbons (Fsp3) is 0.227. The lowest BCUT2D eigenvalue weighted by Crippen LogP contribution is -2.27. The molecule has 0 unspecified atom stereocenters. The van der Waals surface area contributed by atoms with Crippen molar-refractivity contribution in [3.63, 3.8) is 0 Å². The molecular formula is C22H23N9O2. The summed E-state index contributed by atoms with van der Waals surface area (Å²) in [5, 5.41) is 20.9. The predicted molar refractivity (Wildman–Crippen MR) is 124 cm³/mol. The molecule has 4 aromatic rings. The van der Waals surface area contributed by atoms with Gasteiger partial charge in [-0.1, -0.05) is 18.2 Å². The Labute approximate surface area is 189 Å². The molecule has 33 heavy (non-hydrogen) atoms. The number of aromatic nitrogens is 5. The zero-order chi connectivity index (χ0) is 22.9. The summed E-state index contributed by atoms with van der Waals surface area (Å²) in [6.45, 7) is 0. The standard InChI is InChI=1S/C22H23N9O2/c1-23-15-10-18(29-31-17(12-24-20(15)31)22(33)26-14-8-9-14)27-19-11-16(28-30(19)2)21(32)25-13-6-4-3-5-7-13/h3-7,10-12,14,23H,8-9H2,1-2H3,(H,25,32)(H,26,33)(H,27,29). The van der Waals surface area contributed by atoms with Gasteiger partial charge in [-0.05, 0) is 25.0 Å². The number of nitrogens with zero attached hydrogens (tertiary/aromatic N) is 5. The molecule has 11 heteroatoms. The van der Waals surface area contributed by atoms with E-state index in [0.717, 1.165) is 12.8 Å². The van der Waals surface area contributed by atoms with Crippen LogP contribution in [0, 0.1) is 0 Å². The fourth-order valence-corrected chi connectivity index (χ4v) is 3.40. The first kappa shape index (κ1) is 20.5. The average Bonchev–Trinajstić information content (AvgIpc) is 3.40. The van der Waals surface area contributed by atoms with Gasteiger partial charge in [-0.25, -0.2) is 9.50 Å². The van der Waals surface area contributed by atoms with Crippen molar-refractivity contribution in [2.75, 3.05) is 23.0 Å². The molecule has 0 atom stereocenters. The van der Waals surface area contributed by atoms with Crippen LogP contribution >= 0.6 is 0 Å². The van der Waals surface area contributed by atoms with Crippen molar-refractivity contribution in [1.29, 1.82) is 0 Å². The number of nitrogens with one attached hydrogen (secondary N) is 4. The summed E-state index contributed by atoms with van der Waals surface area (Å²) in [6.07, 6.45) is 3.50. The highest BCUT2D eigenvalue weighted by Gasteiger charge is 2.26. The fourth-order valence-electron chi connectivity index (χ4n) is 3.40. The first-order valence-electron chi connectivity index (χ1n) is 10.6. The van der Waals surface area contributed by atoms with Crippen LogP contribution < -0.4 is 21.3 Å². The monoisotopic (exact) mass is 445 g/mol. The van der Waals surface area contributed by atoms with E-state index in [4.69, 9.17) is 0 Å². The molecule has 1 aliphatic rings. The van der Waals surface area contributed by atoms with Crippen LogP contribution in [0.2, 0.25) is 0 Å². The lowest BCUT2D eigenvalue weighted by molar-refractivity contribution is 0.0943. The summed E-state index contributed by atoms with van der Waals surface area (Å²) in [6, 6.07) is 12.8. The van der Waals surface area contributed by atoms with E-state index >= 15 is 0 Å². The Bertz CT molecular complexity index is 1340. The third-order valence-corrected chi connectivity index (χ3v) is 5.28. The number of imidazole rings is 1. The second-order valence-corrected chi connectivity index (χ2v) is 7.80. The van der Waals surface area contributed by atoms with E-state index in [0.29, 0.717) is 34.4 Å². The molecule has 0 radical (unpaired) electrons. The number of amides is 2. The largest absolute Gasteiger partial charge is 0.385 e. The second-order valence-electron chi connectivity index (χ2n) is 7.80. The third kappa shape index (κ3) is 4.20. The highest BCUT2D eigenvalue weighted by Crippen LogP contribution is 2.24. The van der Waals surface area contributed by atoms with Gasteiger partial charge in [-0.2, -0.15) is 5.10 Å². The highest BCUT2D eigenvalue weighted by atomic mass is 16.2. The maximum atomic E-state index is 12.6. The molecule has 1 aliphatic carbocycles. The first-order chi connectivity index (χ1) is 16.0. The summed E-state index contributed by atoms with van der Waals surface area (Å²) < 4.78 is 3.06. The number of rotatable bonds is 7. The van der Waals surface area contributed by atoms with Crippen LogP contribution in [0.4, 0.5) is 23.0 Å². The Kier molecular flexibility index (Phi) is 5.13. The molecule has 5 rings (SSSR count). The smallest absolute Gasteiger partial charge is 0.276 e. The number of carbonyl (C=O) groups excluding carboxylic acids is 2. The van der Waals surface area contributed by atoms with Gasteiger partial charge in [0.05, 0.1) is 11.9 Å². The summed E-state index contributed by atoms with van der Waals surface area (Å²) in [5.41, 5.74) is 2.53. The number of carbonyl (C=O) groups is 2. The molecule has 0 spiro atoms. The predicted octanol–water partition coefficient (Wildman–Crippen LogP) is 2.39. The van der Waals surface area contributed by atoms with Crippen LogP contribution in [-0.4, -0.2) is 49.3 Å². The van der Waals surface area contributed by atoms with Gasteiger partial charge in [0.1, 0.15) is 5.82 Å². The zero-order valence-corrected chi connectivity index (χ0v) is 18.2. The van der Waals surface area contributed by atoms with Crippen molar-refractivity contribution < 1.29 is 9.59 Å². The molecule has 3 aromatic heterocycles. The minimum atomic E-state index is -0.321. The zero-order valence-electron chi connectivity index (χ0n) is 18.2. The second kappa shape index (κ2) is 8.26. The molecule has 4 N–H and O–H groups in total. The average molecular weight is 445 g/mol. The van der Waals surface area contributed by atoms with Crippen LogP contribution in [0.15, 0.2) is 48.7 Å². The number of aryl methyl sites for hydroxylation is 1. The highest BCUT2D eigenvalue weighted by molar-refractivity contribution is 6.03. The Balaban J connectivity index is 1.41. The molecule has 2 amide bonds. The number of fused-ring (bicyclic) bond motifs is 1. The summed E-state index contributed by atoms with van der Waals surface area (Å²) in [7, 11) is 3.50. The van der Waals surface area contributed by atoms with Crippen molar-refractivity contribution in [1.82, 2.24) is 29.7 Å². The minimum Gasteiger partial charge on any atom is -0.385 e. The van der Waals surface area contributed by atoms with Crippen LogP contribution in [0.5, 0.6) is 0 Å². The Morgan fingerprint density at radius 2 is 1.85 bits per heavy atom. The minimum absolute atomic E-state index is 0.211. The van der Waals surface area contributed by atoms with Gasteiger partial charge in [0, 0.05) is 38.0 Å². The first-order valence-corrected chi connectivity index (χ1v) is 10.6. The quantitative estimate of drug-likeness (QED) is 0.344. The Hall–Kier alpha value is -4.41. The maximum Gasteiger partial charge on any atom is 0.276 e. The van der Waals surface area contributed by atoms with Gasteiger partial charge in [0.25, 0.3) is 11.8 Å². The Morgan fingerprint density at radius 3 is 2.58 bits per heavy atom. The van der Waals surface area contributed by atoms with E-state index in [2.05, 4.69) is 36.4 Å². The molecule has 168 valence electrons. The van der Waals surface area contributed by atoms with Crippen molar-refractivity contribution in [2.24, 2.45) is 7.05 Å². The van der Waals surface area contributed by atoms with E-state index in [1.807, 2.05) is 18.2 Å². The van der Waals surface area contributed by atoms with E-state index < -0.39 is 0 Å². The van der Waals surface area contributed by atoms with Crippen LogP contribution in [0.3, 0.4) is 0 Å². The van der Waals surface area contributed by atoms with Gasteiger partial charge in [-0.3, -0.25) is 14.3 Å². The van der Waals surface area contributed by atoms with E-state index in [1.54, 1.807) is 43.0 Å². The molecule has 0 saturated heterocycles. The van der Waals surface area contributed by atoms with Crippen molar-refractivity contribution in [2.45, 2.75) is 18.9 Å². The van der Waals surface area contributed by atoms with Gasteiger partial charge in [-0.15, -0.1) is 5.10 Å². The molecule has 1 saturated carbocycles. The lowest BCUT2D eigenvalue weighted by Gasteiger charge is -2.10. The summed E-state index contributed by atoms with van der Waals surface area (Å²) in [5.74, 6) is 0.490. The van der Waals surface area contributed by atoms with Crippen molar-refractivity contribution in [3.8, 4) is 0 Å². The van der Waals surface area contributed by atoms with Gasteiger partial charge in [0.15, 0.2) is 22.9 Å².